The minimum absolute atomic E-state index is 0.120. The average Bonchev–Trinajstić information content (AvgIpc) is 2.56. The van der Waals surface area contributed by atoms with Crippen LogP contribution in [0.15, 0.2) is 53.3 Å². The third-order valence-corrected chi connectivity index (χ3v) is 4.64. The number of halogens is 1. The number of amides is 1. The van der Waals surface area contributed by atoms with Gasteiger partial charge in [-0.3, -0.25) is 9.59 Å². The topological polar surface area (TPSA) is 62.0 Å². The number of pyridine rings is 1. The number of hydrogen-bond donors (Lipinski definition) is 2. The maximum absolute atomic E-state index is 13.8. The number of carbonyl (C=O) groups is 1. The number of nitrogens with one attached hydrogen (secondary N) is 2. The Bertz CT molecular complexity index is 985. The molecule has 0 aliphatic rings. The van der Waals surface area contributed by atoms with Gasteiger partial charge >= 0.3 is 0 Å². The molecule has 0 aliphatic heterocycles. The first-order valence-corrected chi connectivity index (χ1v) is 8.93. The van der Waals surface area contributed by atoms with Crippen LogP contribution < -0.4 is 10.7 Å². The standard InChI is InChI=1S/C19H17FN2O2S/c1-12-4-2-5-13(8-12)21-18(24)11-25-10-14-9-17(23)15-6-3-7-16(20)19(15)22-14/h2-9H,10-11H2,1H3,(H,21,24)(H,22,23). The monoisotopic (exact) mass is 356 g/mol. The van der Waals surface area contributed by atoms with Gasteiger partial charge in [-0.2, -0.15) is 0 Å². The fourth-order valence-electron chi connectivity index (χ4n) is 2.54. The lowest BCUT2D eigenvalue weighted by atomic mass is 10.2. The van der Waals surface area contributed by atoms with Crippen LogP contribution >= 0.6 is 11.8 Å². The SMILES string of the molecule is Cc1cccc(NC(=O)CSCc2cc(=O)c3cccc(F)c3[nH]2)c1. The van der Waals surface area contributed by atoms with Gasteiger partial charge in [-0.15, -0.1) is 11.8 Å². The maximum Gasteiger partial charge on any atom is 0.234 e. The van der Waals surface area contributed by atoms with Gasteiger partial charge in [0, 0.05) is 28.6 Å². The van der Waals surface area contributed by atoms with Crippen LogP contribution in [0.25, 0.3) is 10.9 Å². The lowest BCUT2D eigenvalue weighted by Crippen LogP contribution is -2.14. The molecule has 0 saturated carbocycles. The van der Waals surface area contributed by atoms with E-state index in [0.29, 0.717) is 16.8 Å². The Hall–Kier alpha value is -2.60. The number of para-hydroxylation sites is 1. The zero-order valence-corrected chi connectivity index (χ0v) is 14.5. The average molecular weight is 356 g/mol. The molecule has 0 aliphatic carbocycles. The first kappa shape index (κ1) is 17.2. The number of hydrogen-bond acceptors (Lipinski definition) is 3. The van der Waals surface area contributed by atoms with E-state index in [1.807, 2.05) is 31.2 Å². The van der Waals surface area contributed by atoms with E-state index in [9.17, 15) is 14.0 Å². The third-order valence-electron chi connectivity index (χ3n) is 3.66. The third kappa shape index (κ3) is 4.28. The molecule has 2 aromatic carbocycles. The molecule has 3 aromatic rings. The molecule has 0 radical (unpaired) electrons. The molecule has 1 amide bonds. The molecule has 25 heavy (non-hydrogen) atoms. The van der Waals surface area contributed by atoms with Gasteiger partial charge in [0.25, 0.3) is 0 Å². The first-order valence-electron chi connectivity index (χ1n) is 7.77. The van der Waals surface area contributed by atoms with E-state index in [0.717, 1.165) is 11.3 Å². The Labute approximate surface area is 148 Å². The van der Waals surface area contributed by atoms with Crippen molar-refractivity contribution in [3.05, 3.63) is 75.8 Å². The van der Waals surface area contributed by atoms with Crippen LogP contribution in [0.5, 0.6) is 0 Å². The number of carbonyl (C=O) groups excluding carboxylic acids is 1. The van der Waals surface area contributed by atoms with E-state index in [1.54, 1.807) is 6.07 Å². The van der Waals surface area contributed by atoms with Crippen molar-refractivity contribution in [3.8, 4) is 0 Å². The summed E-state index contributed by atoms with van der Waals surface area (Å²) in [5.74, 6) is 0.0787. The lowest BCUT2D eigenvalue weighted by molar-refractivity contribution is -0.113. The van der Waals surface area contributed by atoms with Gasteiger partial charge < -0.3 is 10.3 Å². The van der Waals surface area contributed by atoms with E-state index in [2.05, 4.69) is 10.3 Å². The number of anilines is 1. The smallest absolute Gasteiger partial charge is 0.234 e. The number of H-pyrrole nitrogens is 1. The van der Waals surface area contributed by atoms with E-state index in [1.165, 1.54) is 30.0 Å². The summed E-state index contributed by atoms with van der Waals surface area (Å²) < 4.78 is 13.8. The molecule has 0 fully saturated rings. The first-order chi connectivity index (χ1) is 12.0. The van der Waals surface area contributed by atoms with Crippen LogP contribution in [0.1, 0.15) is 11.3 Å². The predicted octanol–water partition coefficient (Wildman–Crippen LogP) is 3.85. The van der Waals surface area contributed by atoms with Crippen molar-refractivity contribution in [3.63, 3.8) is 0 Å². The molecule has 1 heterocycles. The Morgan fingerprint density at radius 3 is 2.80 bits per heavy atom. The molecule has 0 spiro atoms. The Kier molecular flexibility index (Phi) is 5.19. The van der Waals surface area contributed by atoms with Crippen molar-refractivity contribution in [2.75, 3.05) is 11.1 Å². The zero-order valence-electron chi connectivity index (χ0n) is 13.6. The fraction of sp³-hybridized carbons (Fsp3) is 0.158. The van der Waals surface area contributed by atoms with Crippen LogP contribution in [0.2, 0.25) is 0 Å². The number of aryl methyl sites for hydroxylation is 1. The summed E-state index contributed by atoms with van der Waals surface area (Å²) in [5, 5.41) is 3.15. The zero-order chi connectivity index (χ0) is 17.8. The molecule has 3 rings (SSSR count). The van der Waals surface area contributed by atoms with E-state index in [-0.39, 0.29) is 22.6 Å². The molecule has 0 bridgehead atoms. The van der Waals surface area contributed by atoms with E-state index >= 15 is 0 Å². The molecule has 0 saturated heterocycles. The summed E-state index contributed by atoms with van der Waals surface area (Å²) in [6.07, 6.45) is 0. The number of fused-ring (bicyclic) bond motifs is 1. The highest BCUT2D eigenvalue weighted by molar-refractivity contribution is 7.99. The van der Waals surface area contributed by atoms with Crippen LogP contribution in [0.4, 0.5) is 10.1 Å². The summed E-state index contributed by atoms with van der Waals surface area (Å²) in [6.45, 7) is 1.96. The minimum Gasteiger partial charge on any atom is -0.355 e. The molecular weight excluding hydrogens is 339 g/mol. The summed E-state index contributed by atoms with van der Waals surface area (Å²) in [7, 11) is 0. The normalized spacial score (nSPS) is 10.8. The number of thioether (sulfide) groups is 1. The molecule has 1 aromatic heterocycles. The summed E-state index contributed by atoms with van der Waals surface area (Å²) >= 11 is 1.36. The molecule has 4 nitrogen and oxygen atoms in total. The van der Waals surface area contributed by atoms with Crippen molar-refractivity contribution < 1.29 is 9.18 Å². The van der Waals surface area contributed by atoms with Crippen molar-refractivity contribution in [2.45, 2.75) is 12.7 Å². The summed E-state index contributed by atoms with van der Waals surface area (Å²) in [6, 6.07) is 13.4. The van der Waals surface area contributed by atoms with Gasteiger partial charge in [-0.1, -0.05) is 18.2 Å². The van der Waals surface area contributed by atoms with Gasteiger partial charge in [-0.05, 0) is 36.8 Å². The molecule has 2 N–H and O–H groups in total. The highest BCUT2D eigenvalue weighted by Crippen LogP contribution is 2.16. The lowest BCUT2D eigenvalue weighted by Gasteiger charge is -2.07. The number of aromatic amines is 1. The number of benzene rings is 2. The van der Waals surface area contributed by atoms with Gasteiger partial charge in [0.1, 0.15) is 5.82 Å². The number of rotatable bonds is 5. The molecule has 0 atom stereocenters. The Morgan fingerprint density at radius 2 is 2.00 bits per heavy atom. The van der Waals surface area contributed by atoms with Crippen molar-refractivity contribution in [2.24, 2.45) is 0 Å². The van der Waals surface area contributed by atoms with E-state index in [4.69, 9.17) is 0 Å². The maximum atomic E-state index is 13.8. The summed E-state index contributed by atoms with van der Waals surface area (Å²) in [5.41, 5.74) is 2.40. The van der Waals surface area contributed by atoms with Gasteiger partial charge in [0.05, 0.1) is 11.3 Å². The van der Waals surface area contributed by atoms with E-state index < -0.39 is 5.82 Å². The summed E-state index contributed by atoms with van der Waals surface area (Å²) in [4.78, 5) is 27.0. The van der Waals surface area contributed by atoms with Crippen LogP contribution in [0, 0.1) is 12.7 Å². The van der Waals surface area contributed by atoms with Crippen LogP contribution in [-0.2, 0) is 10.5 Å². The van der Waals surface area contributed by atoms with Crippen LogP contribution in [0.3, 0.4) is 0 Å². The minimum atomic E-state index is -0.460. The quantitative estimate of drug-likeness (QED) is 0.730. The molecule has 128 valence electrons. The second kappa shape index (κ2) is 7.53. The van der Waals surface area contributed by atoms with Crippen LogP contribution in [-0.4, -0.2) is 16.6 Å². The second-order valence-electron chi connectivity index (χ2n) is 5.73. The highest BCUT2D eigenvalue weighted by atomic mass is 32.2. The van der Waals surface area contributed by atoms with Crippen molar-refractivity contribution in [1.82, 2.24) is 4.98 Å². The molecule has 6 heteroatoms. The largest absolute Gasteiger partial charge is 0.355 e. The number of aromatic nitrogens is 1. The van der Waals surface area contributed by atoms with Gasteiger partial charge in [0.2, 0.25) is 5.91 Å². The van der Waals surface area contributed by atoms with Crippen molar-refractivity contribution in [1.29, 1.82) is 0 Å². The Balaban J connectivity index is 1.62. The van der Waals surface area contributed by atoms with Gasteiger partial charge in [0.15, 0.2) is 5.43 Å². The second-order valence-corrected chi connectivity index (χ2v) is 6.72. The molecular formula is C19H17FN2O2S. The highest BCUT2D eigenvalue weighted by Gasteiger charge is 2.08. The van der Waals surface area contributed by atoms with Crippen molar-refractivity contribution >= 4 is 34.3 Å². The molecule has 0 unspecified atom stereocenters. The van der Waals surface area contributed by atoms with Gasteiger partial charge in [-0.25, -0.2) is 4.39 Å². The fourth-order valence-corrected chi connectivity index (χ4v) is 3.28. The predicted molar refractivity (Wildman–Crippen MR) is 100 cm³/mol. The Morgan fingerprint density at radius 1 is 1.20 bits per heavy atom.